The van der Waals surface area contributed by atoms with Crippen LogP contribution in [0.3, 0.4) is 0 Å². The molecule has 2 fully saturated rings. The Kier molecular flexibility index (Phi) is 9.22. The molecule has 4 N–H and O–H groups in total. The Hall–Kier alpha value is -3.18. The fourth-order valence-electron chi connectivity index (χ4n) is 4.45. The van der Waals surface area contributed by atoms with Crippen LogP contribution in [0.5, 0.6) is 5.75 Å². The summed E-state index contributed by atoms with van der Waals surface area (Å²) in [5.41, 5.74) is 2.16. The largest absolute Gasteiger partial charge is 0.508 e. The fourth-order valence-corrected chi connectivity index (χ4v) is 4.45. The highest BCUT2D eigenvalue weighted by Gasteiger charge is 2.43. The van der Waals surface area contributed by atoms with Gasteiger partial charge in [0.15, 0.2) is 6.29 Å². The number of morpholine rings is 1. The van der Waals surface area contributed by atoms with E-state index in [1.54, 1.807) is 12.1 Å². The zero-order chi connectivity index (χ0) is 27.1. The zero-order valence-corrected chi connectivity index (χ0v) is 21.9. The van der Waals surface area contributed by atoms with Crippen LogP contribution in [0.4, 0.5) is 5.69 Å². The number of nitrogens with zero attached hydrogens (tertiary/aromatic N) is 1. The number of phenols is 1. The predicted molar refractivity (Wildman–Crippen MR) is 140 cm³/mol. The number of carbonyl (C=O) groups excluding carboxylic acids is 2. The van der Waals surface area contributed by atoms with Crippen molar-refractivity contribution in [2.45, 2.75) is 45.3 Å². The third-order valence-corrected chi connectivity index (χ3v) is 6.78. The number of rotatable bonds is 9. The highest BCUT2D eigenvalue weighted by molar-refractivity contribution is 5.82. The van der Waals surface area contributed by atoms with E-state index in [1.807, 2.05) is 38.1 Å². The van der Waals surface area contributed by atoms with Gasteiger partial charge in [0, 0.05) is 42.8 Å². The van der Waals surface area contributed by atoms with Gasteiger partial charge in [-0.1, -0.05) is 38.1 Å². The molecule has 0 radical (unpaired) electrons. The molecular formula is C28H37N3O7. The second-order valence-corrected chi connectivity index (χ2v) is 10.3. The van der Waals surface area contributed by atoms with Crippen LogP contribution in [0.2, 0.25) is 0 Å². The maximum atomic E-state index is 12.9. The quantitative estimate of drug-likeness (QED) is 0.389. The standard InChI is InChI=1S/C28H37N3O7/c1-28(2)18-37-27(20-5-9-22(32)10-6-20)38-24(28)26(35)29-12-11-23(33)25(34)30-17-19-3-7-21(8-4-19)31-13-15-36-16-14-31/h3-10,23-24,27,32-33H,11-18H2,1-2H3,(H,29,35)(H,30,34). The average molecular weight is 528 g/mol. The van der Waals surface area contributed by atoms with Crippen molar-refractivity contribution < 1.29 is 34.0 Å². The summed E-state index contributed by atoms with van der Waals surface area (Å²) in [5.74, 6) is -0.704. The Bertz CT molecular complexity index is 1070. The van der Waals surface area contributed by atoms with Crippen LogP contribution in [-0.2, 0) is 30.3 Å². The second kappa shape index (κ2) is 12.6. The Balaban J connectivity index is 1.20. The molecule has 0 aliphatic carbocycles. The van der Waals surface area contributed by atoms with Crippen LogP contribution >= 0.6 is 0 Å². The van der Waals surface area contributed by atoms with Crippen LogP contribution < -0.4 is 15.5 Å². The maximum absolute atomic E-state index is 12.9. The normalized spacial score (nSPS) is 21.9. The molecule has 2 aliphatic heterocycles. The number of amides is 2. The van der Waals surface area contributed by atoms with E-state index in [9.17, 15) is 19.8 Å². The monoisotopic (exact) mass is 527 g/mol. The van der Waals surface area contributed by atoms with Crippen molar-refractivity contribution in [1.82, 2.24) is 10.6 Å². The first-order chi connectivity index (χ1) is 18.2. The van der Waals surface area contributed by atoms with Crippen LogP contribution in [0.15, 0.2) is 48.5 Å². The average Bonchev–Trinajstić information content (AvgIpc) is 2.92. The highest BCUT2D eigenvalue weighted by atomic mass is 16.7. The second-order valence-electron chi connectivity index (χ2n) is 10.3. The molecule has 2 heterocycles. The van der Waals surface area contributed by atoms with E-state index in [0.717, 1.165) is 37.6 Å². The molecule has 10 heteroatoms. The number of aliphatic hydroxyl groups is 1. The summed E-state index contributed by atoms with van der Waals surface area (Å²) in [6.45, 7) is 7.62. The first-order valence-corrected chi connectivity index (χ1v) is 12.9. The van der Waals surface area contributed by atoms with Gasteiger partial charge in [-0.05, 0) is 36.2 Å². The van der Waals surface area contributed by atoms with Crippen LogP contribution in [-0.4, -0.2) is 73.7 Å². The smallest absolute Gasteiger partial charge is 0.249 e. The summed E-state index contributed by atoms with van der Waals surface area (Å²) in [7, 11) is 0. The number of aliphatic hydroxyl groups excluding tert-OH is 1. The van der Waals surface area contributed by atoms with E-state index in [4.69, 9.17) is 14.2 Å². The lowest BCUT2D eigenvalue weighted by Gasteiger charge is -2.41. The van der Waals surface area contributed by atoms with Gasteiger partial charge < -0.3 is 40.0 Å². The SMILES string of the molecule is CC1(C)COC(c2ccc(O)cc2)OC1C(=O)NCCC(O)C(=O)NCc1ccc(N2CCOCC2)cc1. The van der Waals surface area contributed by atoms with Crippen molar-refractivity contribution >= 4 is 17.5 Å². The lowest BCUT2D eigenvalue weighted by Crippen LogP contribution is -2.52. The Morgan fingerprint density at radius 2 is 1.74 bits per heavy atom. The third kappa shape index (κ3) is 7.22. The summed E-state index contributed by atoms with van der Waals surface area (Å²) in [5, 5.41) is 25.3. The summed E-state index contributed by atoms with van der Waals surface area (Å²) >= 11 is 0. The number of ether oxygens (including phenoxy) is 3. The van der Waals surface area contributed by atoms with Crippen LogP contribution in [0.25, 0.3) is 0 Å². The van der Waals surface area contributed by atoms with E-state index in [-0.39, 0.29) is 24.6 Å². The third-order valence-electron chi connectivity index (χ3n) is 6.78. The van der Waals surface area contributed by atoms with Gasteiger partial charge in [-0.2, -0.15) is 0 Å². The van der Waals surface area contributed by atoms with Crippen LogP contribution in [0, 0.1) is 5.41 Å². The molecule has 0 spiro atoms. The first kappa shape index (κ1) is 27.8. The molecule has 2 aromatic rings. The van der Waals surface area contributed by atoms with E-state index >= 15 is 0 Å². The fraction of sp³-hybridized carbons (Fsp3) is 0.500. The van der Waals surface area contributed by atoms with Crippen LogP contribution in [0.1, 0.15) is 37.7 Å². The van der Waals surface area contributed by atoms with Crippen molar-refractivity contribution in [3.05, 3.63) is 59.7 Å². The van der Waals surface area contributed by atoms with Crippen molar-refractivity contribution in [3.63, 3.8) is 0 Å². The molecular weight excluding hydrogens is 490 g/mol. The van der Waals surface area contributed by atoms with Gasteiger partial charge in [0.1, 0.15) is 18.0 Å². The molecule has 206 valence electrons. The van der Waals surface area contributed by atoms with Crippen molar-refractivity contribution in [3.8, 4) is 5.75 Å². The predicted octanol–water partition coefficient (Wildman–Crippen LogP) is 1.85. The number of nitrogens with one attached hydrogen (secondary N) is 2. The van der Waals surface area contributed by atoms with Gasteiger partial charge >= 0.3 is 0 Å². The molecule has 3 atom stereocenters. The summed E-state index contributed by atoms with van der Waals surface area (Å²) < 4.78 is 17.1. The molecule has 2 aliphatic rings. The minimum absolute atomic E-state index is 0.0680. The number of benzene rings is 2. The minimum Gasteiger partial charge on any atom is -0.508 e. The molecule has 0 saturated carbocycles. The van der Waals surface area contributed by atoms with Gasteiger partial charge in [-0.25, -0.2) is 0 Å². The van der Waals surface area contributed by atoms with E-state index in [2.05, 4.69) is 15.5 Å². The molecule has 3 unspecified atom stereocenters. The summed E-state index contributed by atoms with van der Waals surface area (Å²) in [6.07, 6.45) is -2.71. The van der Waals surface area contributed by atoms with E-state index in [1.165, 1.54) is 12.1 Å². The topological polar surface area (TPSA) is 130 Å². The minimum atomic E-state index is -1.25. The Labute approximate surface area is 222 Å². The molecule has 10 nitrogen and oxygen atoms in total. The molecule has 38 heavy (non-hydrogen) atoms. The van der Waals surface area contributed by atoms with Crippen molar-refractivity contribution in [1.29, 1.82) is 0 Å². The Morgan fingerprint density at radius 1 is 1.05 bits per heavy atom. The lowest BCUT2D eigenvalue weighted by atomic mass is 9.85. The van der Waals surface area contributed by atoms with Gasteiger partial charge in [0.25, 0.3) is 0 Å². The number of aromatic hydroxyl groups is 1. The van der Waals surface area contributed by atoms with Crippen molar-refractivity contribution in [2.75, 3.05) is 44.4 Å². The van der Waals surface area contributed by atoms with Gasteiger partial charge in [0.05, 0.1) is 19.8 Å². The molecule has 2 aromatic carbocycles. The highest BCUT2D eigenvalue weighted by Crippen LogP contribution is 2.36. The summed E-state index contributed by atoms with van der Waals surface area (Å²) in [4.78, 5) is 27.6. The number of hydrogen-bond donors (Lipinski definition) is 4. The summed E-state index contributed by atoms with van der Waals surface area (Å²) in [6, 6.07) is 14.4. The number of phenolic OH excluding ortho intramolecular Hbond substituents is 1. The first-order valence-electron chi connectivity index (χ1n) is 12.9. The van der Waals surface area contributed by atoms with Gasteiger partial charge in [-0.3, -0.25) is 9.59 Å². The van der Waals surface area contributed by atoms with E-state index in [0.29, 0.717) is 18.7 Å². The molecule has 2 saturated heterocycles. The number of hydrogen-bond acceptors (Lipinski definition) is 8. The Morgan fingerprint density at radius 3 is 2.42 bits per heavy atom. The van der Waals surface area contributed by atoms with Gasteiger partial charge in [0.2, 0.25) is 11.8 Å². The molecule has 0 bridgehead atoms. The maximum Gasteiger partial charge on any atom is 0.249 e. The number of anilines is 1. The molecule has 0 aromatic heterocycles. The molecule has 4 rings (SSSR count). The number of carbonyl (C=O) groups is 2. The lowest BCUT2D eigenvalue weighted by molar-refractivity contribution is -0.258. The van der Waals surface area contributed by atoms with Crippen molar-refractivity contribution in [2.24, 2.45) is 5.41 Å². The zero-order valence-electron chi connectivity index (χ0n) is 21.9. The van der Waals surface area contributed by atoms with E-state index < -0.39 is 29.8 Å². The molecule has 2 amide bonds. The van der Waals surface area contributed by atoms with Gasteiger partial charge in [-0.15, -0.1) is 0 Å².